The lowest BCUT2D eigenvalue weighted by molar-refractivity contribution is 0.0883. The van der Waals surface area contributed by atoms with E-state index in [0.717, 1.165) is 50.6 Å². The minimum absolute atomic E-state index is 0.00564. The normalized spacial score (nSPS) is 24.2. The molecule has 3 aliphatic rings. The molecule has 41 heavy (non-hydrogen) atoms. The first-order chi connectivity index (χ1) is 19.7. The molecule has 4 atom stereocenters. The number of nitrogens with one attached hydrogen (secondary N) is 1. The summed E-state index contributed by atoms with van der Waals surface area (Å²) in [6.45, 7) is 7.08. The third kappa shape index (κ3) is 5.42. The average molecular weight is 571 g/mol. The molecule has 2 fully saturated rings. The quantitative estimate of drug-likeness (QED) is 0.310. The Morgan fingerprint density at radius 1 is 1.12 bits per heavy atom. The van der Waals surface area contributed by atoms with Crippen LogP contribution in [0.3, 0.4) is 0 Å². The fourth-order valence-electron chi connectivity index (χ4n) is 6.56. The summed E-state index contributed by atoms with van der Waals surface area (Å²) in [5.41, 5.74) is 7.10. The van der Waals surface area contributed by atoms with Gasteiger partial charge in [0.1, 0.15) is 17.0 Å². The summed E-state index contributed by atoms with van der Waals surface area (Å²) in [6, 6.07) is 1.28. The smallest absolute Gasteiger partial charge is 0.259 e. The highest BCUT2D eigenvalue weighted by Crippen LogP contribution is 2.37. The van der Waals surface area contributed by atoms with Crippen molar-refractivity contribution in [3.05, 3.63) is 59.7 Å². The van der Waals surface area contributed by atoms with Crippen molar-refractivity contribution >= 4 is 17.0 Å². The number of halogens is 4. The summed E-state index contributed by atoms with van der Waals surface area (Å²) in [6.07, 6.45) is 4.46. The highest BCUT2D eigenvalue weighted by molar-refractivity contribution is 5.83. The molecule has 0 amide bonds. The Labute approximate surface area is 235 Å². The average Bonchev–Trinajstić information content (AvgIpc) is 3.67. The zero-order valence-corrected chi connectivity index (χ0v) is 23.1. The molecule has 3 aliphatic heterocycles. The minimum atomic E-state index is -2.62. The van der Waals surface area contributed by atoms with Crippen LogP contribution in [0.25, 0.3) is 22.3 Å². The van der Waals surface area contributed by atoms with E-state index in [-0.39, 0.29) is 40.7 Å². The summed E-state index contributed by atoms with van der Waals surface area (Å²) in [5, 5.41) is 3.13. The van der Waals surface area contributed by atoms with Crippen molar-refractivity contribution in [2.45, 2.75) is 38.3 Å². The van der Waals surface area contributed by atoms with Gasteiger partial charge in [-0.15, -0.1) is 0 Å². The van der Waals surface area contributed by atoms with E-state index in [0.29, 0.717) is 24.1 Å². The van der Waals surface area contributed by atoms with Gasteiger partial charge < -0.3 is 20.5 Å². The van der Waals surface area contributed by atoms with Gasteiger partial charge >= 0.3 is 0 Å². The molecule has 218 valence electrons. The van der Waals surface area contributed by atoms with E-state index in [9.17, 15) is 13.2 Å². The standard InChI is InChI=1S/C29H34F4N8/c1-16(3-4-17(9-34)11-40-14-19-12-39(2)13-20(19)15-40)36-29-35-10-22(31)26(38-29)18-7-21(30)27-24(8-18)41-23(28(32)33)5-6-25(41)37-27/h3-4,7-10,16,19-20,23,28H,5-6,11-15,34H2,1-2H3,(H,35,36,38)/b4-3-,17-9+/t16?,19?,20?,23-/m0/s1. The van der Waals surface area contributed by atoms with Gasteiger partial charge in [-0.05, 0) is 56.1 Å². The van der Waals surface area contributed by atoms with Crippen molar-refractivity contribution in [3.63, 3.8) is 0 Å². The van der Waals surface area contributed by atoms with Crippen LogP contribution in [0.1, 0.15) is 25.2 Å². The maximum atomic E-state index is 15.0. The third-order valence-corrected chi connectivity index (χ3v) is 8.45. The summed E-state index contributed by atoms with van der Waals surface area (Å²) >= 11 is 0. The van der Waals surface area contributed by atoms with Crippen molar-refractivity contribution in [1.29, 1.82) is 0 Å². The van der Waals surface area contributed by atoms with Gasteiger partial charge in [0.2, 0.25) is 5.95 Å². The van der Waals surface area contributed by atoms with Crippen LogP contribution in [0.5, 0.6) is 0 Å². The second-order valence-corrected chi connectivity index (χ2v) is 11.5. The molecule has 3 N–H and O–H groups in total. The number of alkyl halides is 2. The van der Waals surface area contributed by atoms with Gasteiger partial charge in [-0.3, -0.25) is 4.90 Å². The van der Waals surface area contributed by atoms with Crippen LogP contribution in [0.15, 0.2) is 42.3 Å². The molecule has 6 rings (SSSR count). The van der Waals surface area contributed by atoms with E-state index in [2.05, 4.69) is 37.1 Å². The lowest BCUT2D eigenvalue weighted by Gasteiger charge is -2.19. The van der Waals surface area contributed by atoms with E-state index >= 15 is 4.39 Å². The van der Waals surface area contributed by atoms with E-state index in [4.69, 9.17) is 5.73 Å². The monoisotopic (exact) mass is 570 g/mol. The molecule has 0 radical (unpaired) electrons. The predicted molar refractivity (Wildman–Crippen MR) is 149 cm³/mol. The molecule has 8 nitrogen and oxygen atoms in total. The van der Waals surface area contributed by atoms with Crippen LogP contribution in [0.4, 0.5) is 23.5 Å². The summed E-state index contributed by atoms with van der Waals surface area (Å²) in [5.74, 6) is 0.507. The third-order valence-electron chi connectivity index (χ3n) is 8.45. The largest absolute Gasteiger partial charge is 0.404 e. The highest BCUT2D eigenvalue weighted by atomic mass is 19.3. The maximum Gasteiger partial charge on any atom is 0.259 e. The summed E-state index contributed by atoms with van der Waals surface area (Å²) in [7, 11) is 2.17. The number of anilines is 1. The summed E-state index contributed by atoms with van der Waals surface area (Å²) < 4.78 is 58.5. The highest BCUT2D eigenvalue weighted by Gasteiger charge is 2.38. The molecule has 0 spiro atoms. The first-order valence-electron chi connectivity index (χ1n) is 14.0. The molecule has 5 heterocycles. The molecule has 3 aromatic rings. The summed E-state index contributed by atoms with van der Waals surface area (Å²) in [4.78, 5) is 17.4. The number of benzene rings is 1. The predicted octanol–water partition coefficient (Wildman–Crippen LogP) is 4.22. The number of rotatable bonds is 8. The first-order valence-corrected chi connectivity index (χ1v) is 14.0. The minimum Gasteiger partial charge on any atom is -0.404 e. The zero-order chi connectivity index (χ0) is 28.8. The van der Waals surface area contributed by atoms with Gasteiger partial charge in [0.15, 0.2) is 11.6 Å². The van der Waals surface area contributed by atoms with Crippen LogP contribution >= 0.6 is 0 Å². The van der Waals surface area contributed by atoms with E-state index in [1.54, 1.807) is 6.20 Å². The molecule has 3 unspecified atom stereocenters. The zero-order valence-electron chi connectivity index (χ0n) is 23.1. The molecular formula is C29H34F4N8. The SMILES string of the molecule is CC(/C=C\C(=C/N)CN1CC2CN(C)CC2C1)Nc1ncc(F)c(-c2cc(F)c3nc4n(c3c2)[C@H](C(F)F)CC4)n1. The molecule has 0 aliphatic carbocycles. The van der Waals surface area contributed by atoms with Gasteiger partial charge in [0.05, 0.1) is 17.8 Å². The molecule has 0 saturated carbocycles. The lowest BCUT2D eigenvalue weighted by atomic mass is 10.0. The van der Waals surface area contributed by atoms with Gasteiger partial charge in [0.25, 0.3) is 6.43 Å². The Balaban J connectivity index is 1.17. The number of nitrogens with two attached hydrogens (primary N) is 1. The van der Waals surface area contributed by atoms with Gasteiger partial charge in [-0.1, -0.05) is 12.2 Å². The Hall–Kier alpha value is -3.51. The van der Waals surface area contributed by atoms with Crippen LogP contribution in [-0.2, 0) is 6.42 Å². The number of aryl methyl sites for hydroxylation is 1. The Morgan fingerprint density at radius 2 is 1.88 bits per heavy atom. The van der Waals surface area contributed by atoms with Crippen molar-refractivity contribution in [3.8, 4) is 11.3 Å². The fraction of sp³-hybridized carbons (Fsp3) is 0.483. The van der Waals surface area contributed by atoms with E-state index < -0.39 is 24.1 Å². The molecule has 12 heteroatoms. The molecular weight excluding hydrogens is 536 g/mol. The van der Waals surface area contributed by atoms with E-state index in [1.165, 1.54) is 10.6 Å². The maximum absolute atomic E-state index is 15.0. The van der Waals surface area contributed by atoms with Crippen molar-refractivity contribution in [2.24, 2.45) is 17.6 Å². The number of aromatic nitrogens is 4. The number of nitrogens with zero attached hydrogens (tertiary/aromatic N) is 6. The van der Waals surface area contributed by atoms with E-state index in [1.807, 2.05) is 19.1 Å². The molecule has 2 aromatic heterocycles. The van der Waals surface area contributed by atoms with Crippen LogP contribution in [-0.4, -0.2) is 81.6 Å². The Kier molecular flexibility index (Phi) is 7.45. The Bertz CT molecular complexity index is 1490. The van der Waals surface area contributed by atoms with Crippen LogP contribution < -0.4 is 11.1 Å². The Morgan fingerprint density at radius 3 is 2.59 bits per heavy atom. The molecule has 1 aromatic carbocycles. The lowest BCUT2D eigenvalue weighted by Crippen LogP contribution is -2.28. The van der Waals surface area contributed by atoms with Gasteiger partial charge in [-0.2, -0.15) is 0 Å². The number of fused-ring (bicyclic) bond motifs is 4. The molecule has 2 saturated heterocycles. The van der Waals surface area contributed by atoms with Crippen LogP contribution in [0.2, 0.25) is 0 Å². The topological polar surface area (TPSA) is 88.1 Å². The van der Waals surface area contributed by atoms with Crippen molar-refractivity contribution < 1.29 is 17.6 Å². The van der Waals surface area contributed by atoms with Gasteiger partial charge in [-0.25, -0.2) is 32.5 Å². The number of imidazole rings is 1. The first kappa shape index (κ1) is 27.6. The number of likely N-dealkylation sites (tertiary alicyclic amines) is 2. The number of hydrogen-bond donors (Lipinski definition) is 2. The molecule has 0 bridgehead atoms. The van der Waals surface area contributed by atoms with Gasteiger partial charge in [0, 0.05) is 50.7 Å². The van der Waals surface area contributed by atoms with Crippen LogP contribution in [0, 0.1) is 23.5 Å². The second kappa shape index (κ2) is 11.1. The second-order valence-electron chi connectivity index (χ2n) is 11.5. The van der Waals surface area contributed by atoms with Crippen molar-refractivity contribution in [2.75, 3.05) is 45.1 Å². The van der Waals surface area contributed by atoms with Crippen molar-refractivity contribution in [1.82, 2.24) is 29.3 Å². The fourth-order valence-corrected chi connectivity index (χ4v) is 6.56. The number of hydrogen-bond acceptors (Lipinski definition) is 7.